The number of carbonyl (C=O) groups excluding carboxylic acids is 2. The van der Waals surface area contributed by atoms with E-state index in [1.807, 2.05) is 60.7 Å². The van der Waals surface area contributed by atoms with Crippen LogP contribution in [0.3, 0.4) is 0 Å². The maximum absolute atomic E-state index is 12.8. The van der Waals surface area contributed by atoms with Crippen molar-refractivity contribution in [1.29, 1.82) is 0 Å². The largest absolute Gasteiger partial charge is 0.349 e. The molecule has 0 unspecified atom stereocenters. The quantitative estimate of drug-likeness (QED) is 0.755. The maximum Gasteiger partial charge on any atom is 0.251 e. The fraction of sp³-hybridized carbons (Fsp3) is 0.304. The highest BCUT2D eigenvalue weighted by Gasteiger charge is 2.24. The summed E-state index contributed by atoms with van der Waals surface area (Å²) < 4.78 is 0. The summed E-state index contributed by atoms with van der Waals surface area (Å²) >= 11 is 0. The molecule has 1 fully saturated rings. The van der Waals surface area contributed by atoms with Crippen molar-refractivity contribution in [3.05, 3.63) is 78.9 Å². The topological polar surface area (TPSA) is 52.7 Å². The third-order valence-electron chi connectivity index (χ3n) is 5.00. The number of nitrogens with one attached hydrogen (secondary N) is 1. The minimum absolute atomic E-state index is 0.0311. The lowest BCUT2D eigenvalue weighted by Gasteiger charge is -2.33. The van der Waals surface area contributed by atoms with E-state index in [-0.39, 0.29) is 17.9 Å². The summed E-state index contributed by atoms with van der Waals surface area (Å²) in [4.78, 5) is 29.0. The van der Waals surface area contributed by atoms with E-state index in [0.717, 1.165) is 31.6 Å². The van der Waals surface area contributed by atoms with E-state index in [2.05, 4.69) is 16.8 Å². The number of hydrogen-bond donors (Lipinski definition) is 1. The van der Waals surface area contributed by atoms with Gasteiger partial charge >= 0.3 is 0 Å². The zero-order valence-electron chi connectivity index (χ0n) is 16.1. The molecule has 1 heterocycles. The van der Waals surface area contributed by atoms with E-state index in [1.54, 1.807) is 11.0 Å². The second-order valence-corrected chi connectivity index (χ2v) is 7.02. The van der Waals surface area contributed by atoms with Crippen LogP contribution in [-0.4, -0.2) is 48.9 Å². The van der Waals surface area contributed by atoms with E-state index in [0.29, 0.717) is 18.7 Å². The van der Waals surface area contributed by atoms with E-state index in [9.17, 15) is 9.59 Å². The predicted molar refractivity (Wildman–Crippen MR) is 112 cm³/mol. The smallest absolute Gasteiger partial charge is 0.251 e. The molecule has 0 saturated carbocycles. The molecule has 2 aromatic rings. The van der Waals surface area contributed by atoms with Gasteiger partial charge in [0.2, 0.25) is 5.91 Å². The van der Waals surface area contributed by atoms with Gasteiger partial charge in [0.05, 0.1) is 6.54 Å². The van der Waals surface area contributed by atoms with E-state index in [1.165, 1.54) is 0 Å². The van der Waals surface area contributed by atoms with Crippen molar-refractivity contribution in [2.75, 3.05) is 31.1 Å². The van der Waals surface area contributed by atoms with Crippen LogP contribution in [0.4, 0.5) is 5.69 Å². The minimum Gasteiger partial charge on any atom is -0.349 e. The summed E-state index contributed by atoms with van der Waals surface area (Å²) in [6.45, 7) is 6.23. The van der Waals surface area contributed by atoms with Crippen LogP contribution in [0.15, 0.2) is 73.3 Å². The van der Waals surface area contributed by atoms with Gasteiger partial charge in [0.25, 0.3) is 5.91 Å². The first-order valence-electron chi connectivity index (χ1n) is 9.72. The molecule has 1 aliphatic rings. The number of anilines is 1. The molecule has 1 aliphatic heterocycles. The van der Waals surface area contributed by atoms with Gasteiger partial charge in [-0.3, -0.25) is 14.5 Å². The van der Waals surface area contributed by atoms with Crippen molar-refractivity contribution >= 4 is 17.5 Å². The highest BCUT2D eigenvalue weighted by Crippen LogP contribution is 2.16. The van der Waals surface area contributed by atoms with Crippen LogP contribution in [0.1, 0.15) is 23.2 Å². The number of amides is 2. The standard InChI is InChI=1S/C23H27N3O2/c1-2-15-26(21-11-7-4-8-12-21)22(27)18-25-16-13-20(14-17-25)24-23(28)19-9-5-3-6-10-19/h2-12,20H,1,13-18H2,(H,24,28). The van der Waals surface area contributed by atoms with Crippen LogP contribution in [0.2, 0.25) is 0 Å². The second-order valence-electron chi connectivity index (χ2n) is 7.02. The Morgan fingerprint density at radius 2 is 1.64 bits per heavy atom. The van der Waals surface area contributed by atoms with Crippen LogP contribution < -0.4 is 10.2 Å². The van der Waals surface area contributed by atoms with Crippen LogP contribution in [0.25, 0.3) is 0 Å². The Kier molecular flexibility index (Phi) is 6.98. The van der Waals surface area contributed by atoms with Crippen molar-refractivity contribution in [1.82, 2.24) is 10.2 Å². The van der Waals surface area contributed by atoms with Crippen LogP contribution in [0, 0.1) is 0 Å². The molecule has 1 saturated heterocycles. The summed E-state index contributed by atoms with van der Waals surface area (Å²) in [6, 6.07) is 19.1. The first kappa shape index (κ1) is 19.8. The molecule has 0 aromatic heterocycles. The van der Waals surface area contributed by atoms with Gasteiger partial charge < -0.3 is 10.2 Å². The summed E-state index contributed by atoms with van der Waals surface area (Å²) in [5.74, 6) is 0.0363. The van der Waals surface area contributed by atoms with Gasteiger partial charge in [0, 0.05) is 36.9 Å². The molecule has 2 amide bonds. The van der Waals surface area contributed by atoms with Gasteiger partial charge in [-0.1, -0.05) is 42.5 Å². The normalized spacial score (nSPS) is 15.0. The molecule has 0 radical (unpaired) electrons. The van der Waals surface area contributed by atoms with E-state index < -0.39 is 0 Å². The second kappa shape index (κ2) is 9.85. The van der Waals surface area contributed by atoms with Gasteiger partial charge in [-0.2, -0.15) is 0 Å². The van der Waals surface area contributed by atoms with Crippen molar-refractivity contribution in [2.45, 2.75) is 18.9 Å². The van der Waals surface area contributed by atoms with Crippen molar-refractivity contribution in [2.24, 2.45) is 0 Å². The molecule has 5 heteroatoms. The molecule has 0 atom stereocenters. The highest BCUT2D eigenvalue weighted by atomic mass is 16.2. The van der Waals surface area contributed by atoms with Gasteiger partial charge in [-0.25, -0.2) is 0 Å². The molecule has 146 valence electrons. The maximum atomic E-state index is 12.8. The zero-order chi connectivity index (χ0) is 19.8. The number of hydrogen-bond acceptors (Lipinski definition) is 3. The molecule has 0 spiro atoms. The molecule has 1 N–H and O–H groups in total. The zero-order valence-corrected chi connectivity index (χ0v) is 16.1. The lowest BCUT2D eigenvalue weighted by molar-refractivity contribution is -0.119. The van der Waals surface area contributed by atoms with Crippen molar-refractivity contribution in [3.63, 3.8) is 0 Å². The fourth-order valence-corrected chi connectivity index (χ4v) is 3.46. The number of carbonyl (C=O) groups is 2. The number of rotatable bonds is 7. The number of para-hydroxylation sites is 1. The average molecular weight is 377 g/mol. The molecule has 2 aromatic carbocycles. The number of likely N-dealkylation sites (tertiary alicyclic amines) is 1. The number of piperidine rings is 1. The first-order chi connectivity index (χ1) is 13.7. The molecule has 28 heavy (non-hydrogen) atoms. The van der Waals surface area contributed by atoms with Crippen LogP contribution in [0.5, 0.6) is 0 Å². The molecule has 5 nitrogen and oxygen atoms in total. The Labute approximate surface area is 166 Å². The summed E-state index contributed by atoms with van der Waals surface area (Å²) in [6.07, 6.45) is 3.44. The van der Waals surface area contributed by atoms with E-state index in [4.69, 9.17) is 0 Å². The monoisotopic (exact) mass is 377 g/mol. The van der Waals surface area contributed by atoms with Crippen LogP contribution in [-0.2, 0) is 4.79 Å². The lowest BCUT2D eigenvalue weighted by atomic mass is 10.0. The van der Waals surface area contributed by atoms with Gasteiger partial charge in [-0.05, 0) is 37.1 Å². The summed E-state index contributed by atoms with van der Waals surface area (Å²) in [5, 5.41) is 3.10. The Morgan fingerprint density at radius 3 is 2.25 bits per heavy atom. The Morgan fingerprint density at radius 1 is 1.04 bits per heavy atom. The van der Waals surface area contributed by atoms with Gasteiger partial charge in [-0.15, -0.1) is 6.58 Å². The molecule has 3 rings (SSSR count). The summed E-state index contributed by atoms with van der Waals surface area (Å²) in [5.41, 5.74) is 1.57. The predicted octanol–water partition coefficient (Wildman–Crippen LogP) is 3.10. The average Bonchev–Trinajstić information content (AvgIpc) is 2.74. The SMILES string of the molecule is C=CCN(C(=O)CN1CCC(NC(=O)c2ccccc2)CC1)c1ccccc1. The number of benzene rings is 2. The van der Waals surface area contributed by atoms with Gasteiger partial charge in [0.1, 0.15) is 0 Å². The first-order valence-corrected chi connectivity index (χ1v) is 9.72. The lowest BCUT2D eigenvalue weighted by Crippen LogP contribution is -2.48. The van der Waals surface area contributed by atoms with Crippen molar-refractivity contribution in [3.8, 4) is 0 Å². The third-order valence-corrected chi connectivity index (χ3v) is 5.00. The molecular weight excluding hydrogens is 350 g/mol. The molecule has 0 aliphatic carbocycles. The van der Waals surface area contributed by atoms with Crippen molar-refractivity contribution < 1.29 is 9.59 Å². The summed E-state index contributed by atoms with van der Waals surface area (Å²) in [7, 11) is 0. The highest BCUT2D eigenvalue weighted by molar-refractivity contribution is 5.95. The Hall–Kier alpha value is -2.92. The Balaban J connectivity index is 1.50. The molecular formula is C23H27N3O2. The number of nitrogens with zero attached hydrogens (tertiary/aromatic N) is 2. The molecule has 0 bridgehead atoms. The van der Waals surface area contributed by atoms with Crippen LogP contribution >= 0.6 is 0 Å². The third kappa shape index (κ3) is 5.30. The minimum atomic E-state index is -0.0311. The van der Waals surface area contributed by atoms with E-state index >= 15 is 0 Å². The Bertz CT molecular complexity index is 784. The fourth-order valence-electron chi connectivity index (χ4n) is 3.46. The van der Waals surface area contributed by atoms with Gasteiger partial charge in [0.15, 0.2) is 0 Å².